The molecule has 0 N–H and O–H groups in total. The minimum Gasteiger partial charge on any atom is -0.466 e. The third-order valence-electron chi connectivity index (χ3n) is 3.69. The van der Waals surface area contributed by atoms with Gasteiger partial charge in [-0.05, 0) is 30.1 Å². The van der Waals surface area contributed by atoms with Crippen LogP contribution in [0.25, 0.3) is 0 Å². The Labute approximate surface area is 152 Å². The molecule has 0 bridgehead atoms. The number of allylic oxidation sites excluding steroid dienone is 1. The van der Waals surface area contributed by atoms with E-state index in [1.165, 1.54) is 36.5 Å². The lowest BCUT2D eigenvalue weighted by Gasteiger charge is -2.37. The topological polar surface area (TPSA) is 85.3 Å². The van der Waals surface area contributed by atoms with E-state index in [-0.39, 0.29) is 4.91 Å². The number of aliphatic imine (C=N–C) groups is 1. The monoisotopic (exact) mass is 378 g/mol. The van der Waals surface area contributed by atoms with E-state index in [9.17, 15) is 14.4 Å². The minimum atomic E-state index is -0.643. The number of methoxy groups -OCH3 is 2. The molecular weight excluding hydrogens is 364 g/mol. The highest BCUT2D eigenvalue weighted by Crippen LogP contribution is 2.42. The first kappa shape index (κ1) is 17.4. The number of carbonyl (C=O) groups is 3. The van der Waals surface area contributed by atoms with Crippen LogP contribution >= 0.6 is 23.1 Å². The number of fused-ring (bicyclic) bond motifs is 1. The van der Waals surface area contributed by atoms with Crippen LogP contribution in [0.15, 0.2) is 44.8 Å². The largest absolute Gasteiger partial charge is 0.466 e. The van der Waals surface area contributed by atoms with E-state index in [1.54, 1.807) is 6.92 Å². The van der Waals surface area contributed by atoms with Gasteiger partial charge in [-0.15, -0.1) is 11.3 Å². The summed E-state index contributed by atoms with van der Waals surface area (Å²) in [7, 11) is 2.54. The van der Waals surface area contributed by atoms with Crippen LogP contribution in [0.1, 0.15) is 17.8 Å². The number of rotatable bonds is 3. The zero-order chi connectivity index (χ0) is 18.1. The summed E-state index contributed by atoms with van der Waals surface area (Å²) in [5, 5.41) is 2.19. The second-order valence-corrected chi connectivity index (χ2v) is 7.10. The molecular formula is C16H14N2O5S2. The van der Waals surface area contributed by atoms with Crippen molar-refractivity contribution < 1.29 is 23.9 Å². The quantitative estimate of drug-likeness (QED) is 0.750. The molecule has 3 heterocycles. The molecule has 0 saturated heterocycles. The maximum atomic E-state index is 12.7. The molecule has 1 atom stereocenters. The Morgan fingerprint density at radius 2 is 1.96 bits per heavy atom. The van der Waals surface area contributed by atoms with Gasteiger partial charge in [-0.25, -0.2) is 14.6 Å². The van der Waals surface area contributed by atoms with Gasteiger partial charge in [0.05, 0.1) is 25.5 Å². The van der Waals surface area contributed by atoms with E-state index < -0.39 is 23.9 Å². The smallest absolute Gasteiger partial charge is 0.345 e. The molecule has 2 aliphatic heterocycles. The normalized spacial score (nSPS) is 19.9. The molecule has 130 valence electrons. The van der Waals surface area contributed by atoms with Crippen LogP contribution in [0.4, 0.5) is 0 Å². The van der Waals surface area contributed by atoms with Crippen LogP contribution in [0, 0.1) is 0 Å². The van der Waals surface area contributed by atoms with Crippen LogP contribution in [-0.2, 0) is 23.9 Å². The fraction of sp³-hybridized carbons (Fsp3) is 0.250. The summed E-state index contributed by atoms with van der Waals surface area (Å²) >= 11 is 2.46. The molecule has 7 nitrogen and oxygen atoms in total. The molecule has 25 heavy (non-hydrogen) atoms. The van der Waals surface area contributed by atoms with Crippen molar-refractivity contribution in [2.45, 2.75) is 13.0 Å². The Hall–Kier alpha value is -2.39. The van der Waals surface area contributed by atoms with Gasteiger partial charge in [-0.3, -0.25) is 9.69 Å². The molecule has 0 radical (unpaired) electrons. The number of ether oxygens (including phenoxy) is 2. The molecule has 1 aromatic rings. The number of thiophene rings is 1. The summed E-state index contributed by atoms with van der Waals surface area (Å²) in [6, 6.07) is 3.04. The second-order valence-electron chi connectivity index (χ2n) is 5.11. The van der Waals surface area contributed by atoms with Crippen molar-refractivity contribution in [3.8, 4) is 0 Å². The average molecular weight is 378 g/mol. The van der Waals surface area contributed by atoms with Crippen LogP contribution in [0.5, 0.6) is 0 Å². The maximum Gasteiger partial charge on any atom is 0.345 e. The molecule has 1 amide bonds. The van der Waals surface area contributed by atoms with E-state index in [0.29, 0.717) is 16.4 Å². The van der Waals surface area contributed by atoms with Gasteiger partial charge in [0.1, 0.15) is 10.9 Å². The lowest BCUT2D eigenvalue weighted by Crippen LogP contribution is -2.44. The Bertz CT molecular complexity index is 839. The summed E-state index contributed by atoms with van der Waals surface area (Å²) in [6.07, 6.45) is 1.20. The molecule has 0 aliphatic carbocycles. The summed E-state index contributed by atoms with van der Waals surface area (Å²) in [4.78, 5) is 43.5. The zero-order valence-corrected chi connectivity index (χ0v) is 15.3. The first-order valence-electron chi connectivity index (χ1n) is 7.20. The molecule has 9 heteroatoms. The van der Waals surface area contributed by atoms with Crippen molar-refractivity contribution in [1.29, 1.82) is 0 Å². The predicted octanol–water partition coefficient (Wildman–Crippen LogP) is 2.24. The number of nitrogens with zero attached hydrogens (tertiary/aromatic N) is 2. The van der Waals surface area contributed by atoms with Gasteiger partial charge in [0.2, 0.25) is 0 Å². The highest BCUT2D eigenvalue weighted by atomic mass is 32.2. The van der Waals surface area contributed by atoms with Gasteiger partial charge in [0, 0.05) is 11.0 Å². The van der Waals surface area contributed by atoms with Crippen molar-refractivity contribution in [2.75, 3.05) is 14.2 Å². The molecule has 0 aromatic carbocycles. The van der Waals surface area contributed by atoms with Gasteiger partial charge < -0.3 is 9.47 Å². The lowest BCUT2D eigenvalue weighted by molar-refractivity contribution is -0.138. The predicted molar refractivity (Wildman–Crippen MR) is 93.7 cm³/mol. The van der Waals surface area contributed by atoms with Crippen molar-refractivity contribution in [1.82, 2.24) is 4.90 Å². The molecule has 0 fully saturated rings. The Balaban J connectivity index is 2.14. The number of esters is 2. The highest BCUT2D eigenvalue weighted by Gasteiger charge is 2.43. The van der Waals surface area contributed by atoms with Crippen LogP contribution in [-0.4, -0.2) is 42.1 Å². The molecule has 2 aliphatic rings. The Kier molecular flexibility index (Phi) is 4.78. The number of thioether (sulfide) groups is 1. The Morgan fingerprint density at radius 1 is 1.24 bits per heavy atom. The molecule has 3 rings (SSSR count). The van der Waals surface area contributed by atoms with Crippen molar-refractivity contribution in [3.05, 3.63) is 44.6 Å². The van der Waals surface area contributed by atoms with E-state index in [4.69, 9.17) is 4.74 Å². The van der Waals surface area contributed by atoms with E-state index in [2.05, 4.69) is 9.73 Å². The fourth-order valence-corrected chi connectivity index (χ4v) is 4.41. The van der Waals surface area contributed by atoms with E-state index in [0.717, 1.165) is 16.6 Å². The lowest BCUT2D eigenvalue weighted by atomic mass is 10.0. The number of amides is 1. The number of hydrogen-bond acceptors (Lipinski definition) is 8. The maximum absolute atomic E-state index is 12.7. The fourth-order valence-electron chi connectivity index (χ4n) is 2.58. The van der Waals surface area contributed by atoms with Crippen LogP contribution in [0.3, 0.4) is 0 Å². The van der Waals surface area contributed by atoms with Crippen molar-refractivity contribution in [2.24, 2.45) is 4.99 Å². The van der Waals surface area contributed by atoms with Crippen LogP contribution in [0.2, 0.25) is 0 Å². The first-order valence-corrected chi connectivity index (χ1v) is 8.89. The standard InChI is InChI=1S/C16H14N2O5S2/c1-8-12(15(21)23-3)13(9-5-4-6-24-9)18-11(19)7-10(14(20)22-2)25-16(18)17-8/h4-7,13H,1-3H3/t13-/m0/s1. The summed E-state index contributed by atoms with van der Waals surface area (Å²) in [6.45, 7) is 1.68. The van der Waals surface area contributed by atoms with Gasteiger partial charge in [-0.1, -0.05) is 6.07 Å². The van der Waals surface area contributed by atoms with Gasteiger partial charge in [0.15, 0.2) is 5.17 Å². The summed E-state index contributed by atoms with van der Waals surface area (Å²) in [5.41, 5.74) is 0.750. The van der Waals surface area contributed by atoms with Gasteiger partial charge in [0.25, 0.3) is 5.91 Å². The van der Waals surface area contributed by atoms with E-state index in [1.807, 2.05) is 17.5 Å². The number of amidine groups is 1. The first-order chi connectivity index (χ1) is 12.0. The molecule has 0 spiro atoms. The van der Waals surface area contributed by atoms with Gasteiger partial charge >= 0.3 is 11.9 Å². The molecule has 1 aromatic heterocycles. The van der Waals surface area contributed by atoms with Crippen molar-refractivity contribution in [3.63, 3.8) is 0 Å². The van der Waals surface area contributed by atoms with Crippen molar-refractivity contribution >= 4 is 46.1 Å². The third kappa shape index (κ3) is 3.00. The van der Waals surface area contributed by atoms with Crippen LogP contribution < -0.4 is 0 Å². The van der Waals surface area contributed by atoms with Gasteiger partial charge in [-0.2, -0.15) is 0 Å². The second kappa shape index (κ2) is 6.85. The summed E-state index contributed by atoms with van der Waals surface area (Å²) < 4.78 is 9.57. The minimum absolute atomic E-state index is 0.154. The number of hydrogen-bond donors (Lipinski definition) is 0. The summed E-state index contributed by atoms with van der Waals surface area (Å²) in [5.74, 6) is -1.58. The highest BCUT2D eigenvalue weighted by molar-refractivity contribution is 8.18. The molecule has 0 saturated carbocycles. The molecule has 0 unspecified atom stereocenters. The van der Waals surface area contributed by atoms with E-state index >= 15 is 0 Å². The average Bonchev–Trinajstić information content (AvgIpc) is 3.13. The third-order valence-corrected chi connectivity index (χ3v) is 5.59. The SMILES string of the molecule is COC(=O)C1=CC(=O)N2C(=NC(C)=C(C(=O)OC)[C@@H]2c2cccs2)S1. The number of carbonyl (C=O) groups excluding carboxylic acids is 3. The zero-order valence-electron chi connectivity index (χ0n) is 13.6. The Morgan fingerprint density at radius 3 is 2.56 bits per heavy atom.